The van der Waals surface area contributed by atoms with Gasteiger partial charge in [-0.3, -0.25) is 10.1 Å². The molecule has 1 aliphatic heterocycles. The van der Waals surface area contributed by atoms with E-state index in [9.17, 15) is 4.79 Å². The van der Waals surface area contributed by atoms with Crippen LogP contribution in [0, 0.1) is 6.92 Å². The zero-order valence-electron chi connectivity index (χ0n) is 15.2. The zero-order valence-corrected chi connectivity index (χ0v) is 15.2. The molecule has 2 unspecified atom stereocenters. The Hall–Kier alpha value is -2.13. The molecule has 0 aromatic heterocycles. The molecule has 2 aromatic rings. The Balaban J connectivity index is 1.84. The van der Waals surface area contributed by atoms with Crippen molar-refractivity contribution in [1.29, 1.82) is 0 Å². The van der Waals surface area contributed by atoms with Gasteiger partial charge in [0, 0.05) is 19.1 Å². The van der Waals surface area contributed by atoms with Gasteiger partial charge in [-0.25, -0.2) is 0 Å². The highest BCUT2D eigenvalue weighted by molar-refractivity contribution is 5.83. The molecule has 3 rings (SSSR count). The molecule has 1 fully saturated rings. The molecule has 0 bridgehead atoms. The summed E-state index contributed by atoms with van der Waals surface area (Å²) < 4.78 is 0. The number of benzene rings is 2. The fraction of sp³-hybridized carbons (Fsp3) is 0.409. The van der Waals surface area contributed by atoms with E-state index in [1.807, 2.05) is 35.2 Å². The second-order valence-corrected chi connectivity index (χ2v) is 6.97. The van der Waals surface area contributed by atoms with E-state index >= 15 is 0 Å². The first-order valence-electron chi connectivity index (χ1n) is 9.32. The van der Waals surface area contributed by atoms with Gasteiger partial charge < -0.3 is 4.90 Å². The van der Waals surface area contributed by atoms with Crippen LogP contribution in [0.2, 0.25) is 0 Å². The van der Waals surface area contributed by atoms with Crippen LogP contribution in [-0.2, 0) is 4.79 Å². The molecule has 0 aliphatic carbocycles. The number of aryl methyl sites for hydroxylation is 1. The smallest absolute Gasteiger partial charge is 0.244 e. The van der Waals surface area contributed by atoms with Crippen LogP contribution in [0.25, 0.3) is 0 Å². The average Bonchev–Trinajstić information content (AvgIpc) is 2.67. The normalized spacial score (nSPS) is 17.1. The minimum absolute atomic E-state index is 0.111. The van der Waals surface area contributed by atoms with Gasteiger partial charge in [0.25, 0.3) is 0 Å². The molecule has 0 saturated carbocycles. The standard InChI is InChI=1S/C22H28N2O/c1-17-11-7-8-14-20(17)18(2)23-21(19-12-5-3-6-13-19)22(25)24-15-9-4-10-16-24/h3,5-8,11-14,18,21,23H,4,9-10,15-16H2,1-2H3. The maximum Gasteiger partial charge on any atom is 0.244 e. The molecule has 25 heavy (non-hydrogen) atoms. The van der Waals surface area contributed by atoms with Crippen LogP contribution in [0.15, 0.2) is 54.6 Å². The summed E-state index contributed by atoms with van der Waals surface area (Å²) in [7, 11) is 0. The van der Waals surface area contributed by atoms with E-state index in [1.54, 1.807) is 0 Å². The van der Waals surface area contributed by atoms with Gasteiger partial charge in [-0.15, -0.1) is 0 Å². The summed E-state index contributed by atoms with van der Waals surface area (Å²) in [5.74, 6) is 0.200. The Morgan fingerprint density at radius 3 is 2.28 bits per heavy atom. The fourth-order valence-corrected chi connectivity index (χ4v) is 3.66. The van der Waals surface area contributed by atoms with Crippen LogP contribution in [0.5, 0.6) is 0 Å². The first kappa shape index (κ1) is 17.7. The van der Waals surface area contributed by atoms with Crippen LogP contribution in [0.3, 0.4) is 0 Å². The Bertz CT molecular complexity index is 692. The van der Waals surface area contributed by atoms with Crippen molar-refractivity contribution in [3.63, 3.8) is 0 Å². The highest BCUT2D eigenvalue weighted by Crippen LogP contribution is 2.24. The van der Waals surface area contributed by atoms with Crippen molar-refractivity contribution in [3.05, 3.63) is 71.3 Å². The van der Waals surface area contributed by atoms with Gasteiger partial charge in [0.2, 0.25) is 5.91 Å². The Kier molecular flexibility index (Phi) is 5.87. The van der Waals surface area contributed by atoms with E-state index in [1.165, 1.54) is 17.5 Å². The van der Waals surface area contributed by atoms with E-state index in [0.29, 0.717) is 0 Å². The Morgan fingerprint density at radius 2 is 1.60 bits per heavy atom. The molecule has 3 nitrogen and oxygen atoms in total. The number of nitrogens with zero attached hydrogens (tertiary/aromatic N) is 1. The lowest BCUT2D eigenvalue weighted by atomic mass is 9.98. The van der Waals surface area contributed by atoms with Crippen LogP contribution in [0.4, 0.5) is 0 Å². The first-order valence-corrected chi connectivity index (χ1v) is 9.32. The van der Waals surface area contributed by atoms with Gasteiger partial charge in [0.15, 0.2) is 0 Å². The van der Waals surface area contributed by atoms with E-state index in [-0.39, 0.29) is 18.0 Å². The molecular weight excluding hydrogens is 308 g/mol. The second-order valence-electron chi connectivity index (χ2n) is 6.97. The number of piperidine rings is 1. The third kappa shape index (κ3) is 4.29. The molecule has 1 amide bonds. The summed E-state index contributed by atoms with van der Waals surface area (Å²) in [6.07, 6.45) is 3.45. The number of rotatable bonds is 5. The molecule has 1 N–H and O–H groups in total. The van der Waals surface area contributed by atoms with Crippen molar-refractivity contribution < 1.29 is 4.79 Å². The predicted molar refractivity (Wildman–Crippen MR) is 102 cm³/mol. The SMILES string of the molecule is Cc1ccccc1C(C)NC(C(=O)N1CCCCC1)c1ccccc1. The summed E-state index contributed by atoms with van der Waals surface area (Å²) in [5.41, 5.74) is 3.54. The predicted octanol–water partition coefficient (Wildman–Crippen LogP) is 4.40. The highest BCUT2D eigenvalue weighted by Gasteiger charge is 2.28. The van der Waals surface area contributed by atoms with Crippen molar-refractivity contribution in [2.75, 3.05) is 13.1 Å². The zero-order chi connectivity index (χ0) is 17.6. The molecular formula is C22H28N2O. The molecule has 2 atom stereocenters. The van der Waals surface area contributed by atoms with Crippen molar-refractivity contribution in [3.8, 4) is 0 Å². The third-order valence-corrected chi connectivity index (χ3v) is 5.12. The van der Waals surface area contributed by atoms with Crippen LogP contribution in [-0.4, -0.2) is 23.9 Å². The van der Waals surface area contributed by atoms with Crippen LogP contribution < -0.4 is 5.32 Å². The van der Waals surface area contributed by atoms with E-state index in [2.05, 4.69) is 43.4 Å². The summed E-state index contributed by atoms with van der Waals surface area (Å²) in [6, 6.07) is 18.3. The maximum absolute atomic E-state index is 13.2. The number of hydrogen-bond donors (Lipinski definition) is 1. The number of amides is 1. The van der Waals surface area contributed by atoms with Gasteiger partial charge in [-0.1, -0.05) is 54.6 Å². The minimum atomic E-state index is -0.297. The molecule has 132 valence electrons. The monoisotopic (exact) mass is 336 g/mol. The molecule has 0 spiro atoms. The lowest BCUT2D eigenvalue weighted by Crippen LogP contribution is -2.44. The molecule has 1 aliphatic rings. The van der Waals surface area contributed by atoms with Crippen LogP contribution in [0.1, 0.15) is 55.0 Å². The van der Waals surface area contributed by atoms with E-state index < -0.39 is 0 Å². The molecule has 2 aromatic carbocycles. The highest BCUT2D eigenvalue weighted by atomic mass is 16.2. The maximum atomic E-state index is 13.2. The Labute approximate surface area is 151 Å². The largest absolute Gasteiger partial charge is 0.341 e. The van der Waals surface area contributed by atoms with Crippen molar-refractivity contribution in [2.24, 2.45) is 0 Å². The average molecular weight is 336 g/mol. The Morgan fingerprint density at radius 1 is 0.960 bits per heavy atom. The van der Waals surface area contributed by atoms with Crippen LogP contribution >= 0.6 is 0 Å². The van der Waals surface area contributed by atoms with Crippen molar-refractivity contribution in [2.45, 2.75) is 45.2 Å². The molecule has 1 heterocycles. The van der Waals surface area contributed by atoms with E-state index in [0.717, 1.165) is 31.5 Å². The van der Waals surface area contributed by atoms with Gasteiger partial charge in [-0.2, -0.15) is 0 Å². The second kappa shape index (κ2) is 8.30. The van der Waals surface area contributed by atoms with Crippen molar-refractivity contribution in [1.82, 2.24) is 10.2 Å². The number of carbonyl (C=O) groups excluding carboxylic acids is 1. The molecule has 1 saturated heterocycles. The summed E-state index contributed by atoms with van der Waals surface area (Å²) in [4.78, 5) is 15.2. The number of carbonyl (C=O) groups is 1. The summed E-state index contributed by atoms with van der Waals surface area (Å²) >= 11 is 0. The van der Waals surface area contributed by atoms with Gasteiger partial charge in [0.05, 0.1) is 0 Å². The topological polar surface area (TPSA) is 32.3 Å². The third-order valence-electron chi connectivity index (χ3n) is 5.12. The molecule has 3 heteroatoms. The first-order chi connectivity index (χ1) is 12.2. The number of likely N-dealkylation sites (tertiary alicyclic amines) is 1. The lowest BCUT2D eigenvalue weighted by Gasteiger charge is -2.32. The lowest BCUT2D eigenvalue weighted by molar-refractivity contribution is -0.134. The van der Waals surface area contributed by atoms with Crippen molar-refractivity contribution >= 4 is 5.91 Å². The molecule has 0 radical (unpaired) electrons. The minimum Gasteiger partial charge on any atom is -0.341 e. The fourth-order valence-electron chi connectivity index (χ4n) is 3.66. The van der Waals surface area contributed by atoms with Gasteiger partial charge >= 0.3 is 0 Å². The summed E-state index contributed by atoms with van der Waals surface area (Å²) in [6.45, 7) is 6.02. The summed E-state index contributed by atoms with van der Waals surface area (Å²) in [5, 5.41) is 3.60. The van der Waals surface area contributed by atoms with Gasteiger partial charge in [-0.05, 0) is 49.8 Å². The van der Waals surface area contributed by atoms with Gasteiger partial charge in [0.1, 0.15) is 6.04 Å². The van der Waals surface area contributed by atoms with E-state index in [4.69, 9.17) is 0 Å². The number of nitrogens with one attached hydrogen (secondary N) is 1. The number of hydrogen-bond acceptors (Lipinski definition) is 2. The quantitative estimate of drug-likeness (QED) is 0.878.